The first-order valence-electron chi connectivity index (χ1n) is 6.30. The van der Waals surface area contributed by atoms with Gasteiger partial charge in [0.1, 0.15) is 5.82 Å². The average molecular weight is 334 g/mol. The van der Waals surface area contributed by atoms with Gasteiger partial charge in [-0.1, -0.05) is 28.1 Å². The van der Waals surface area contributed by atoms with Crippen molar-refractivity contribution in [2.45, 2.75) is 13.2 Å². The lowest BCUT2D eigenvalue weighted by molar-refractivity contribution is 0.283. The first kappa shape index (κ1) is 13.3. The molecule has 102 valence electrons. The van der Waals surface area contributed by atoms with Gasteiger partial charge in [0.05, 0.1) is 6.61 Å². The van der Waals surface area contributed by atoms with Crippen LogP contribution in [0.3, 0.4) is 0 Å². The molecule has 0 bridgehead atoms. The minimum Gasteiger partial charge on any atom is -0.392 e. The highest BCUT2D eigenvalue weighted by Gasteiger charge is 2.06. The van der Waals surface area contributed by atoms with E-state index in [9.17, 15) is 9.50 Å². The van der Waals surface area contributed by atoms with E-state index in [2.05, 4.69) is 20.5 Å². The van der Waals surface area contributed by atoms with Crippen molar-refractivity contribution in [3.63, 3.8) is 0 Å². The number of benzene rings is 2. The minimum absolute atomic E-state index is 0.0207. The van der Waals surface area contributed by atoms with Gasteiger partial charge in [0.2, 0.25) is 0 Å². The Balaban J connectivity index is 2.03. The standard InChI is InChI=1S/C16H13BrFNO/c17-13-6-11(7-14(18)8-13)9-19-5-4-15-12(10-20)2-1-3-16(15)19/h1-8,20H,9-10H2. The molecule has 0 aliphatic rings. The molecule has 3 aromatic rings. The maximum Gasteiger partial charge on any atom is 0.124 e. The zero-order valence-corrected chi connectivity index (χ0v) is 12.3. The Kier molecular flexibility index (Phi) is 3.59. The lowest BCUT2D eigenvalue weighted by atomic mass is 10.1. The molecule has 0 saturated carbocycles. The van der Waals surface area contributed by atoms with E-state index in [0.717, 1.165) is 26.5 Å². The minimum atomic E-state index is -0.248. The van der Waals surface area contributed by atoms with Crippen LogP contribution in [0.5, 0.6) is 0 Å². The van der Waals surface area contributed by atoms with Crippen LogP contribution in [0.1, 0.15) is 11.1 Å². The second-order valence-electron chi connectivity index (χ2n) is 4.73. The van der Waals surface area contributed by atoms with Crippen LogP contribution >= 0.6 is 15.9 Å². The van der Waals surface area contributed by atoms with E-state index in [-0.39, 0.29) is 12.4 Å². The number of aliphatic hydroxyl groups excluding tert-OH is 1. The number of rotatable bonds is 3. The van der Waals surface area contributed by atoms with Crippen LogP contribution in [-0.4, -0.2) is 9.67 Å². The summed E-state index contributed by atoms with van der Waals surface area (Å²) in [6.07, 6.45) is 1.96. The molecule has 4 heteroatoms. The zero-order valence-electron chi connectivity index (χ0n) is 10.7. The van der Waals surface area contributed by atoms with Gasteiger partial charge < -0.3 is 9.67 Å². The fraction of sp³-hybridized carbons (Fsp3) is 0.125. The SMILES string of the molecule is OCc1cccc2c1ccn2Cc1cc(F)cc(Br)c1. The van der Waals surface area contributed by atoms with Gasteiger partial charge in [-0.3, -0.25) is 0 Å². The van der Waals surface area contributed by atoms with Crippen molar-refractivity contribution in [2.75, 3.05) is 0 Å². The summed E-state index contributed by atoms with van der Waals surface area (Å²) in [6.45, 7) is 0.613. The molecule has 1 N–H and O–H groups in total. The van der Waals surface area contributed by atoms with Gasteiger partial charge >= 0.3 is 0 Å². The summed E-state index contributed by atoms with van der Waals surface area (Å²) < 4.78 is 16.2. The fourth-order valence-corrected chi connectivity index (χ4v) is 2.97. The number of hydrogen-bond donors (Lipinski definition) is 1. The quantitative estimate of drug-likeness (QED) is 0.767. The zero-order chi connectivity index (χ0) is 14.1. The van der Waals surface area contributed by atoms with Gasteiger partial charge in [0.15, 0.2) is 0 Å². The molecule has 3 rings (SSSR count). The van der Waals surface area contributed by atoms with E-state index >= 15 is 0 Å². The molecule has 0 saturated heterocycles. The second-order valence-corrected chi connectivity index (χ2v) is 5.65. The second kappa shape index (κ2) is 5.38. The van der Waals surface area contributed by atoms with Crippen LogP contribution in [0.15, 0.2) is 53.1 Å². The Hall–Kier alpha value is -1.65. The summed E-state index contributed by atoms with van der Waals surface area (Å²) in [7, 11) is 0. The van der Waals surface area contributed by atoms with E-state index in [1.165, 1.54) is 12.1 Å². The summed E-state index contributed by atoms with van der Waals surface area (Å²) in [4.78, 5) is 0. The maximum atomic E-state index is 13.4. The molecular weight excluding hydrogens is 321 g/mol. The molecule has 0 fully saturated rings. The number of hydrogen-bond acceptors (Lipinski definition) is 1. The number of fused-ring (bicyclic) bond motifs is 1. The van der Waals surface area contributed by atoms with Crippen molar-refractivity contribution in [3.8, 4) is 0 Å². The fourth-order valence-electron chi connectivity index (χ4n) is 2.46. The molecule has 0 unspecified atom stereocenters. The number of aliphatic hydroxyl groups is 1. The summed E-state index contributed by atoms with van der Waals surface area (Å²) >= 11 is 3.31. The normalized spacial score (nSPS) is 11.2. The van der Waals surface area contributed by atoms with Crippen LogP contribution in [0.2, 0.25) is 0 Å². The molecule has 0 atom stereocenters. The Labute approximate surface area is 124 Å². The molecule has 0 spiro atoms. The average Bonchev–Trinajstić information content (AvgIpc) is 2.81. The third-order valence-corrected chi connectivity index (χ3v) is 3.81. The van der Waals surface area contributed by atoms with E-state index in [1.54, 1.807) is 0 Å². The van der Waals surface area contributed by atoms with E-state index < -0.39 is 0 Å². The molecule has 2 aromatic carbocycles. The molecule has 20 heavy (non-hydrogen) atoms. The van der Waals surface area contributed by atoms with Gasteiger partial charge in [0, 0.05) is 28.1 Å². The number of halogens is 2. The predicted octanol–water partition coefficient (Wildman–Crippen LogP) is 4.08. The van der Waals surface area contributed by atoms with Crippen LogP contribution < -0.4 is 0 Å². The van der Waals surface area contributed by atoms with Crippen LogP contribution in [0.4, 0.5) is 4.39 Å². The van der Waals surface area contributed by atoms with Crippen LogP contribution in [0.25, 0.3) is 10.9 Å². The molecule has 0 aliphatic heterocycles. The van der Waals surface area contributed by atoms with Gasteiger partial charge in [-0.05, 0) is 41.5 Å². The molecule has 2 nitrogen and oxygen atoms in total. The number of aromatic nitrogens is 1. The van der Waals surface area contributed by atoms with Gasteiger partial charge in [-0.25, -0.2) is 4.39 Å². The topological polar surface area (TPSA) is 25.2 Å². The molecule has 1 heterocycles. The van der Waals surface area contributed by atoms with Crippen molar-refractivity contribution in [1.29, 1.82) is 0 Å². The molecule has 0 radical (unpaired) electrons. The highest BCUT2D eigenvalue weighted by atomic mass is 79.9. The third-order valence-electron chi connectivity index (χ3n) is 3.35. The first-order chi connectivity index (χ1) is 9.67. The molecule has 1 aromatic heterocycles. The largest absolute Gasteiger partial charge is 0.392 e. The summed E-state index contributed by atoms with van der Waals surface area (Å²) in [5.74, 6) is -0.248. The maximum absolute atomic E-state index is 13.4. The van der Waals surface area contributed by atoms with Gasteiger partial charge in [0.25, 0.3) is 0 Å². The Bertz CT molecular complexity index is 746. The molecule has 0 aliphatic carbocycles. The lowest BCUT2D eigenvalue weighted by Gasteiger charge is -2.07. The van der Waals surface area contributed by atoms with Crippen molar-refractivity contribution in [1.82, 2.24) is 4.57 Å². The van der Waals surface area contributed by atoms with Crippen molar-refractivity contribution < 1.29 is 9.50 Å². The third kappa shape index (κ3) is 2.49. The molecular formula is C16H13BrFNO. The van der Waals surface area contributed by atoms with Crippen LogP contribution in [0, 0.1) is 5.82 Å². The summed E-state index contributed by atoms with van der Waals surface area (Å²) in [5, 5.41) is 10.4. The van der Waals surface area contributed by atoms with E-state index in [4.69, 9.17) is 0 Å². The van der Waals surface area contributed by atoms with Crippen LogP contribution in [-0.2, 0) is 13.2 Å². The number of nitrogens with zero attached hydrogens (tertiary/aromatic N) is 1. The van der Waals surface area contributed by atoms with Crippen molar-refractivity contribution in [2.24, 2.45) is 0 Å². The highest BCUT2D eigenvalue weighted by molar-refractivity contribution is 9.10. The van der Waals surface area contributed by atoms with Gasteiger partial charge in [-0.15, -0.1) is 0 Å². The lowest BCUT2D eigenvalue weighted by Crippen LogP contribution is -1.98. The predicted molar refractivity (Wildman–Crippen MR) is 81.1 cm³/mol. The Morgan fingerprint density at radius 1 is 1.15 bits per heavy atom. The van der Waals surface area contributed by atoms with Crippen molar-refractivity contribution in [3.05, 3.63) is 70.1 Å². The first-order valence-corrected chi connectivity index (χ1v) is 7.09. The summed E-state index contributed by atoms with van der Waals surface area (Å²) in [6, 6.07) is 12.7. The van der Waals surface area contributed by atoms with Crippen molar-refractivity contribution >= 4 is 26.8 Å². The highest BCUT2D eigenvalue weighted by Crippen LogP contribution is 2.22. The monoisotopic (exact) mass is 333 g/mol. The van der Waals surface area contributed by atoms with Gasteiger partial charge in [-0.2, -0.15) is 0 Å². The smallest absolute Gasteiger partial charge is 0.124 e. The Morgan fingerprint density at radius 3 is 2.75 bits per heavy atom. The summed E-state index contributed by atoms with van der Waals surface area (Å²) in [5.41, 5.74) is 2.84. The van der Waals surface area contributed by atoms with E-state index in [0.29, 0.717) is 6.54 Å². The Morgan fingerprint density at radius 2 is 2.00 bits per heavy atom. The molecule has 0 amide bonds. The van der Waals surface area contributed by atoms with E-state index in [1.807, 2.05) is 36.5 Å².